The van der Waals surface area contributed by atoms with Crippen molar-refractivity contribution >= 4 is 17.7 Å². The van der Waals surface area contributed by atoms with Crippen LogP contribution in [0.2, 0.25) is 0 Å². The number of hydrogen-bond donors (Lipinski definition) is 2. The lowest BCUT2D eigenvalue weighted by molar-refractivity contribution is -0.138. The molecule has 0 bridgehead atoms. The van der Waals surface area contributed by atoms with Crippen LogP contribution < -0.4 is 5.32 Å². The smallest absolute Gasteiger partial charge is 0.388 e. The average Bonchev–Trinajstić information content (AvgIpc) is 3.07. The van der Waals surface area contributed by atoms with Crippen LogP contribution in [-0.4, -0.2) is 53.0 Å². The molecule has 10 heteroatoms. The predicted molar refractivity (Wildman–Crippen MR) is 116 cm³/mol. The van der Waals surface area contributed by atoms with E-state index in [4.69, 9.17) is 9.84 Å². The number of halogens is 3. The van der Waals surface area contributed by atoms with E-state index in [1.165, 1.54) is 12.1 Å². The Labute approximate surface area is 194 Å². The Hall–Kier alpha value is -3.24. The molecule has 0 saturated carbocycles. The minimum Gasteiger partial charge on any atom is -0.388 e. The van der Waals surface area contributed by atoms with Crippen LogP contribution in [0, 0.1) is 5.92 Å². The highest BCUT2D eigenvalue weighted by Gasteiger charge is 2.45. The highest BCUT2D eigenvalue weighted by Crippen LogP contribution is 2.31. The minimum absolute atomic E-state index is 0.111. The van der Waals surface area contributed by atoms with E-state index in [9.17, 15) is 27.6 Å². The molecule has 0 radical (unpaired) electrons. The van der Waals surface area contributed by atoms with Crippen LogP contribution in [0.5, 0.6) is 0 Å². The fourth-order valence-corrected chi connectivity index (χ4v) is 3.77. The molecule has 7 nitrogen and oxygen atoms in total. The summed E-state index contributed by atoms with van der Waals surface area (Å²) in [4.78, 5) is 37.8. The normalized spacial score (nSPS) is 17.3. The van der Waals surface area contributed by atoms with Gasteiger partial charge in [-0.1, -0.05) is 50.2 Å². The van der Waals surface area contributed by atoms with Gasteiger partial charge in [0.2, 0.25) is 0 Å². The molecule has 1 fully saturated rings. The average molecular weight is 478 g/mol. The molecule has 2 aromatic carbocycles. The zero-order chi connectivity index (χ0) is 25.0. The molecule has 34 heavy (non-hydrogen) atoms. The molecule has 0 aliphatic carbocycles. The van der Waals surface area contributed by atoms with Gasteiger partial charge in [-0.2, -0.15) is 13.2 Å². The second kappa shape index (κ2) is 10.4. The number of imide groups is 1. The first-order valence-electron chi connectivity index (χ1n) is 10.6. The summed E-state index contributed by atoms with van der Waals surface area (Å²) in [7, 11) is 0. The Morgan fingerprint density at radius 2 is 1.62 bits per heavy atom. The second-order valence-corrected chi connectivity index (χ2v) is 8.31. The number of alkyl halides is 3. The first-order chi connectivity index (χ1) is 16.0. The van der Waals surface area contributed by atoms with Gasteiger partial charge in [0.05, 0.1) is 18.8 Å². The summed E-state index contributed by atoms with van der Waals surface area (Å²) in [5.74, 6) is -1.58. The van der Waals surface area contributed by atoms with E-state index in [2.05, 4.69) is 5.32 Å². The SMILES string of the molecule is CC(C)[C@H](C(=O)CO)N1C(=O)N[C@@H](COCc2ccc(-c3ccc(C(F)(F)F)cc3)cc2)C1=O. The number of aliphatic hydroxyl groups is 1. The van der Waals surface area contributed by atoms with Crippen LogP contribution in [0.15, 0.2) is 48.5 Å². The van der Waals surface area contributed by atoms with Crippen molar-refractivity contribution in [2.24, 2.45) is 5.92 Å². The number of benzene rings is 2. The van der Waals surface area contributed by atoms with Crippen LogP contribution in [0.25, 0.3) is 11.1 Å². The van der Waals surface area contributed by atoms with Gasteiger partial charge < -0.3 is 15.2 Å². The Morgan fingerprint density at radius 1 is 1.06 bits per heavy atom. The monoisotopic (exact) mass is 478 g/mol. The lowest BCUT2D eigenvalue weighted by Crippen LogP contribution is -2.49. The molecule has 3 amide bonds. The second-order valence-electron chi connectivity index (χ2n) is 8.31. The molecule has 1 aliphatic rings. The van der Waals surface area contributed by atoms with Gasteiger partial charge >= 0.3 is 12.2 Å². The zero-order valence-corrected chi connectivity index (χ0v) is 18.6. The summed E-state index contributed by atoms with van der Waals surface area (Å²) in [5.41, 5.74) is 1.42. The highest BCUT2D eigenvalue weighted by atomic mass is 19.4. The van der Waals surface area contributed by atoms with Gasteiger partial charge in [0.25, 0.3) is 5.91 Å². The number of ether oxygens (including phenoxy) is 1. The van der Waals surface area contributed by atoms with Crippen LogP contribution in [0.4, 0.5) is 18.0 Å². The number of urea groups is 1. The summed E-state index contributed by atoms with van der Waals surface area (Å²) >= 11 is 0. The maximum Gasteiger partial charge on any atom is 0.416 e. The number of hydrogen-bond acceptors (Lipinski definition) is 5. The highest BCUT2D eigenvalue weighted by molar-refractivity contribution is 6.08. The van der Waals surface area contributed by atoms with Crippen molar-refractivity contribution in [2.45, 2.75) is 38.7 Å². The number of Topliss-reactive ketones (excluding diaryl/α,β-unsaturated/α-hetero) is 1. The van der Waals surface area contributed by atoms with E-state index in [0.717, 1.165) is 28.2 Å². The number of nitrogens with zero attached hydrogens (tertiary/aromatic N) is 1. The molecule has 2 aromatic rings. The molecule has 2 N–H and O–H groups in total. The third-order valence-electron chi connectivity index (χ3n) is 5.50. The Bertz CT molecular complexity index is 1040. The van der Waals surface area contributed by atoms with E-state index in [1.54, 1.807) is 38.1 Å². The Kier molecular flexibility index (Phi) is 7.73. The quantitative estimate of drug-likeness (QED) is 0.539. The number of aliphatic hydroxyl groups excluding tert-OH is 1. The maximum absolute atomic E-state index is 12.7. The van der Waals surface area contributed by atoms with Gasteiger partial charge in [-0.25, -0.2) is 4.79 Å². The van der Waals surface area contributed by atoms with Crippen molar-refractivity contribution in [1.29, 1.82) is 0 Å². The fraction of sp³-hybridized carbons (Fsp3) is 0.375. The topological polar surface area (TPSA) is 95.9 Å². The third-order valence-corrected chi connectivity index (χ3v) is 5.50. The van der Waals surface area contributed by atoms with Gasteiger partial charge in [-0.05, 0) is 34.7 Å². The lowest BCUT2D eigenvalue weighted by atomic mass is 9.98. The van der Waals surface area contributed by atoms with Gasteiger partial charge in [0.15, 0.2) is 5.78 Å². The summed E-state index contributed by atoms with van der Waals surface area (Å²) in [6, 6.07) is 9.15. The van der Waals surface area contributed by atoms with Crippen molar-refractivity contribution in [2.75, 3.05) is 13.2 Å². The molecule has 1 aliphatic heterocycles. The number of carbonyl (C=O) groups excluding carboxylic acids is 3. The summed E-state index contributed by atoms with van der Waals surface area (Å²) in [6.07, 6.45) is -4.39. The summed E-state index contributed by atoms with van der Waals surface area (Å²) < 4.78 is 43.7. The number of ketones is 1. The van der Waals surface area contributed by atoms with Crippen LogP contribution in [-0.2, 0) is 27.1 Å². The fourth-order valence-electron chi connectivity index (χ4n) is 3.77. The molecule has 1 saturated heterocycles. The summed E-state index contributed by atoms with van der Waals surface area (Å²) in [5, 5.41) is 11.7. The molecule has 3 rings (SSSR count). The molecular weight excluding hydrogens is 453 g/mol. The first-order valence-corrected chi connectivity index (χ1v) is 10.6. The molecule has 0 aromatic heterocycles. The third kappa shape index (κ3) is 5.63. The van der Waals surface area contributed by atoms with E-state index in [-0.39, 0.29) is 19.1 Å². The van der Waals surface area contributed by atoms with Crippen molar-refractivity contribution in [3.63, 3.8) is 0 Å². The van der Waals surface area contributed by atoms with Gasteiger partial charge in [0.1, 0.15) is 18.7 Å². The van der Waals surface area contributed by atoms with Crippen molar-refractivity contribution in [3.8, 4) is 11.1 Å². The summed E-state index contributed by atoms with van der Waals surface area (Å²) in [6.45, 7) is 2.60. The van der Waals surface area contributed by atoms with Crippen molar-refractivity contribution in [3.05, 3.63) is 59.7 Å². The van der Waals surface area contributed by atoms with E-state index in [1.807, 2.05) is 0 Å². The van der Waals surface area contributed by atoms with Gasteiger partial charge in [-0.3, -0.25) is 14.5 Å². The predicted octanol–water partition coefficient (Wildman–Crippen LogP) is 3.40. The minimum atomic E-state index is -4.39. The zero-order valence-electron chi connectivity index (χ0n) is 18.6. The molecule has 1 heterocycles. The lowest BCUT2D eigenvalue weighted by Gasteiger charge is -2.26. The Morgan fingerprint density at radius 3 is 2.12 bits per heavy atom. The molecule has 0 spiro atoms. The first kappa shape index (κ1) is 25.4. The van der Waals surface area contributed by atoms with Crippen molar-refractivity contribution < 1.29 is 37.4 Å². The maximum atomic E-state index is 12.7. The van der Waals surface area contributed by atoms with Crippen LogP contribution >= 0.6 is 0 Å². The largest absolute Gasteiger partial charge is 0.416 e. The van der Waals surface area contributed by atoms with Gasteiger partial charge in [0, 0.05) is 0 Å². The van der Waals surface area contributed by atoms with E-state index >= 15 is 0 Å². The Balaban J connectivity index is 1.57. The number of amides is 3. The van der Waals surface area contributed by atoms with Crippen molar-refractivity contribution in [1.82, 2.24) is 10.2 Å². The number of carbonyl (C=O) groups is 3. The number of nitrogens with one attached hydrogen (secondary N) is 1. The van der Waals surface area contributed by atoms with E-state index < -0.39 is 48.2 Å². The van der Waals surface area contributed by atoms with E-state index in [0.29, 0.717) is 5.56 Å². The molecule has 2 atom stereocenters. The van der Waals surface area contributed by atoms with Crippen LogP contribution in [0.1, 0.15) is 25.0 Å². The molecule has 182 valence electrons. The number of rotatable bonds is 9. The molecular formula is C24H25F3N2O5. The van der Waals surface area contributed by atoms with Crippen LogP contribution in [0.3, 0.4) is 0 Å². The standard InChI is InChI=1S/C24H25F3N2O5/c1-14(2)21(20(31)11-30)29-22(32)19(28-23(29)33)13-34-12-15-3-5-16(6-4-15)17-7-9-18(10-8-17)24(25,26)27/h3-10,14,19,21,30H,11-13H2,1-2H3,(H,28,33)/t19-,21+/m0/s1. The molecule has 0 unspecified atom stereocenters. The van der Waals surface area contributed by atoms with Gasteiger partial charge in [-0.15, -0.1) is 0 Å².